The Morgan fingerprint density at radius 1 is 1.39 bits per heavy atom. The summed E-state index contributed by atoms with van der Waals surface area (Å²) in [7, 11) is 1.34. The molecule has 0 atom stereocenters. The summed E-state index contributed by atoms with van der Waals surface area (Å²) in [5.74, 6) is -0.381. The number of hydrogen-bond acceptors (Lipinski definition) is 6. The monoisotopic (exact) mass is 338 g/mol. The van der Waals surface area contributed by atoms with E-state index in [1.807, 2.05) is 0 Å². The quantitative estimate of drug-likeness (QED) is 0.662. The van der Waals surface area contributed by atoms with Crippen LogP contribution in [0.2, 0.25) is 5.02 Å². The van der Waals surface area contributed by atoms with Crippen LogP contribution in [0.5, 0.6) is 5.75 Å². The number of nitrogens with zero attached hydrogens (tertiary/aromatic N) is 3. The fourth-order valence-corrected chi connectivity index (χ4v) is 2.15. The standard InChI is InChI=1S/C13H11ClN4O5/c1-3-23-13(19)16-12-10(6-15)17(20)8-4-7(14)11(22-2)5-9(8)18(12)21/h4-5H,3H2,1-2H3,(H,16,19). The summed E-state index contributed by atoms with van der Waals surface area (Å²) >= 11 is 5.93. The van der Waals surface area contributed by atoms with E-state index in [-0.39, 0.29) is 37.9 Å². The largest absolute Gasteiger partial charge is 0.710 e. The first-order valence-corrected chi connectivity index (χ1v) is 6.72. The zero-order chi connectivity index (χ0) is 17.1. The van der Waals surface area contributed by atoms with Crippen LogP contribution in [0.4, 0.5) is 10.6 Å². The number of anilines is 1. The normalized spacial score (nSPS) is 10.2. The minimum Gasteiger partial charge on any atom is -0.710 e. The van der Waals surface area contributed by atoms with Crippen molar-refractivity contribution in [2.24, 2.45) is 0 Å². The van der Waals surface area contributed by atoms with Gasteiger partial charge in [-0.1, -0.05) is 11.6 Å². The molecule has 120 valence electrons. The van der Waals surface area contributed by atoms with Gasteiger partial charge in [0.1, 0.15) is 5.75 Å². The summed E-state index contributed by atoms with van der Waals surface area (Å²) in [5, 5.41) is 36.0. The molecule has 1 N–H and O–H groups in total. The molecule has 2 rings (SSSR count). The first kappa shape index (κ1) is 16.4. The topological polar surface area (TPSA) is 125 Å². The number of halogens is 1. The maximum absolute atomic E-state index is 12.4. The van der Waals surface area contributed by atoms with Crippen LogP contribution < -0.4 is 19.5 Å². The Labute approximate surface area is 135 Å². The maximum atomic E-state index is 12.4. The van der Waals surface area contributed by atoms with Gasteiger partial charge in [0.25, 0.3) is 5.52 Å². The third kappa shape index (κ3) is 2.84. The highest BCUT2D eigenvalue weighted by Gasteiger charge is 2.30. The summed E-state index contributed by atoms with van der Waals surface area (Å²) in [6.07, 6.45) is -0.964. The summed E-state index contributed by atoms with van der Waals surface area (Å²) < 4.78 is 10.1. The molecule has 1 heterocycles. The van der Waals surface area contributed by atoms with E-state index in [1.54, 1.807) is 13.0 Å². The molecule has 1 amide bonds. The lowest BCUT2D eigenvalue weighted by atomic mass is 10.2. The van der Waals surface area contributed by atoms with Gasteiger partial charge in [0, 0.05) is 12.1 Å². The van der Waals surface area contributed by atoms with Gasteiger partial charge in [-0.2, -0.15) is 15.4 Å². The predicted molar refractivity (Wildman–Crippen MR) is 78.8 cm³/mol. The van der Waals surface area contributed by atoms with Crippen molar-refractivity contribution in [2.75, 3.05) is 19.0 Å². The Morgan fingerprint density at radius 3 is 2.61 bits per heavy atom. The summed E-state index contributed by atoms with van der Waals surface area (Å²) in [4.78, 5) is 11.5. The molecule has 0 spiro atoms. The van der Waals surface area contributed by atoms with Crippen molar-refractivity contribution in [1.82, 2.24) is 0 Å². The average Bonchev–Trinajstić information content (AvgIpc) is 2.52. The Bertz CT molecular complexity index is 834. The van der Waals surface area contributed by atoms with Gasteiger partial charge >= 0.3 is 17.6 Å². The Kier molecular flexibility index (Phi) is 4.57. The molecule has 1 aromatic carbocycles. The van der Waals surface area contributed by atoms with Crippen LogP contribution >= 0.6 is 11.6 Å². The van der Waals surface area contributed by atoms with E-state index in [9.17, 15) is 15.2 Å². The molecule has 0 saturated carbocycles. The lowest BCUT2D eigenvalue weighted by molar-refractivity contribution is -0.620. The van der Waals surface area contributed by atoms with Crippen molar-refractivity contribution in [3.63, 3.8) is 0 Å². The lowest BCUT2D eigenvalue weighted by Gasteiger charge is -2.13. The van der Waals surface area contributed by atoms with Crippen LogP contribution in [-0.4, -0.2) is 19.8 Å². The number of benzene rings is 1. The lowest BCUT2D eigenvalue weighted by Crippen LogP contribution is -2.44. The van der Waals surface area contributed by atoms with Crippen molar-refractivity contribution >= 4 is 34.5 Å². The molecule has 0 aliphatic carbocycles. The minimum absolute atomic E-state index is 0.0565. The van der Waals surface area contributed by atoms with Crippen molar-refractivity contribution in [3.8, 4) is 11.8 Å². The minimum atomic E-state index is -0.964. The molecule has 0 saturated heterocycles. The van der Waals surface area contributed by atoms with Gasteiger partial charge in [-0.05, 0) is 6.92 Å². The number of nitrogens with one attached hydrogen (secondary N) is 1. The number of carbonyl (C=O) groups excluding carboxylic acids is 1. The smallest absolute Gasteiger partial charge is 0.505 e. The van der Waals surface area contributed by atoms with Gasteiger partial charge < -0.3 is 19.9 Å². The third-order valence-electron chi connectivity index (χ3n) is 2.92. The predicted octanol–water partition coefficient (Wildman–Crippen LogP) is 1.21. The fraction of sp³-hybridized carbons (Fsp3) is 0.231. The number of hydrogen-bond donors (Lipinski definition) is 1. The van der Waals surface area contributed by atoms with Crippen LogP contribution in [-0.2, 0) is 4.74 Å². The molecule has 2 aromatic rings. The zero-order valence-corrected chi connectivity index (χ0v) is 12.9. The number of fused-ring (bicyclic) bond motifs is 1. The number of carbonyl (C=O) groups is 1. The number of nitriles is 1. The Hall–Kier alpha value is -2.99. The van der Waals surface area contributed by atoms with E-state index in [0.717, 1.165) is 0 Å². The molecule has 0 unspecified atom stereocenters. The number of amides is 1. The first-order valence-electron chi connectivity index (χ1n) is 6.34. The van der Waals surface area contributed by atoms with E-state index in [1.165, 1.54) is 19.2 Å². The second-order valence-corrected chi connectivity index (χ2v) is 4.63. The Morgan fingerprint density at radius 2 is 2.04 bits per heavy atom. The second kappa shape index (κ2) is 6.41. The zero-order valence-electron chi connectivity index (χ0n) is 12.1. The summed E-state index contributed by atoms with van der Waals surface area (Å²) in [5.41, 5.74) is -0.870. The molecule has 0 aliphatic rings. The van der Waals surface area contributed by atoms with Gasteiger partial charge in [-0.25, -0.2) is 4.73 Å². The van der Waals surface area contributed by atoms with E-state index < -0.39 is 17.6 Å². The van der Waals surface area contributed by atoms with Gasteiger partial charge in [0.2, 0.25) is 5.52 Å². The molecule has 9 nitrogen and oxygen atoms in total. The number of methoxy groups -OCH3 is 1. The van der Waals surface area contributed by atoms with Gasteiger partial charge in [-0.15, -0.1) is 4.73 Å². The Balaban J connectivity index is 2.76. The molecule has 10 heteroatoms. The highest BCUT2D eigenvalue weighted by molar-refractivity contribution is 6.32. The van der Waals surface area contributed by atoms with Crippen molar-refractivity contribution in [3.05, 3.63) is 33.3 Å². The van der Waals surface area contributed by atoms with Crippen LogP contribution in [0.3, 0.4) is 0 Å². The number of ether oxygens (including phenoxy) is 2. The van der Waals surface area contributed by atoms with Crippen LogP contribution in [0.1, 0.15) is 12.6 Å². The van der Waals surface area contributed by atoms with Crippen LogP contribution in [0.15, 0.2) is 12.1 Å². The second-order valence-electron chi connectivity index (χ2n) is 4.22. The van der Waals surface area contributed by atoms with E-state index in [2.05, 4.69) is 10.1 Å². The van der Waals surface area contributed by atoms with E-state index >= 15 is 0 Å². The highest BCUT2D eigenvalue weighted by atomic mass is 35.5. The number of rotatable bonds is 3. The summed E-state index contributed by atoms with van der Waals surface area (Å²) in [6, 6.07) is 4.01. The van der Waals surface area contributed by atoms with Crippen molar-refractivity contribution < 1.29 is 23.7 Å². The fourth-order valence-electron chi connectivity index (χ4n) is 1.92. The molecular formula is C13H11ClN4O5. The molecule has 23 heavy (non-hydrogen) atoms. The number of aromatic nitrogens is 2. The van der Waals surface area contributed by atoms with Gasteiger partial charge in [0.15, 0.2) is 6.07 Å². The molecule has 1 aromatic heterocycles. The third-order valence-corrected chi connectivity index (χ3v) is 3.21. The average molecular weight is 339 g/mol. The van der Waals surface area contributed by atoms with Crippen molar-refractivity contribution in [1.29, 1.82) is 5.26 Å². The SMILES string of the molecule is CCOC(=O)Nc1c(C#N)[n+]([O-])c2cc(Cl)c(OC)cc2[n+]1[O-]. The van der Waals surface area contributed by atoms with Gasteiger partial charge in [0.05, 0.1) is 18.7 Å². The molecule has 0 radical (unpaired) electrons. The van der Waals surface area contributed by atoms with Crippen molar-refractivity contribution in [2.45, 2.75) is 6.92 Å². The molecular weight excluding hydrogens is 328 g/mol. The van der Waals surface area contributed by atoms with Crippen LogP contribution in [0, 0.1) is 21.7 Å². The highest BCUT2D eigenvalue weighted by Crippen LogP contribution is 2.28. The first-order chi connectivity index (χ1) is 10.9. The molecule has 0 aliphatic heterocycles. The molecule has 0 bridgehead atoms. The van der Waals surface area contributed by atoms with Crippen LogP contribution in [0.25, 0.3) is 11.0 Å². The maximum Gasteiger partial charge on any atom is 0.505 e. The summed E-state index contributed by atoms with van der Waals surface area (Å²) in [6.45, 7) is 1.62. The molecule has 0 fully saturated rings. The van der Waals surface area contributed by atoms with E-state index in [4.69, 9.17) is 21.6 Å². The van der Waals surface area contributed by atoms with E-state index in [0.29, 0.717) is 0 Å². The van der Waals surface area contributed by atoms with Gasteiger partial charge in [-0.3, -0.25) is 0 Å².